The summed E-state index contributed by atoms with van der Waals surface area (Å²) in [4.78, 5) is 1.38. The van der Waals surface area contributed by atoms with Crippen molar-refractivity contribution in [3.8, 4) is 0 Å². The third-order valence-corrected chi connectivity index (χ3v) is 5.31. The van der Waals surface area contributed by atoms with Crippen molar-refractivity contribution >= 4 is 21.4 Å². The van der Waals surface area contributed by atoms with Gasteiger partial charge in [0.2, 0.25) is 10.0 Å². The van der Waals surface area contributed by atoms with Gasteiger partial charge in [-0.2, -0.15) is 0 Å². The highest BCUT2D eigenvalue weighted by atomic mass is 32.2. The standard InChI is InChI=1S/C13H18N2O3S2/c1-10-13(8-11(18-10)9-14-2)20(16,17)15-6-5-12-4-3-7-19-12/h3-4,7-8,14-15H,5-6,9H2,1-2H3. The van der Waals surface area contributed by atoms with Gasteiger partial charge in [0, 0.05) is 17.5 Å². The highest BCUT2D eigenvalue weighted by Gasteiger charge is 2.20. The lowest BCUT2D eigenvalue weighted by molar-refractivity contribution is 0.465. The zero-order valence-electron chi connectivity index (χ0n) is 11.5. The van der Waals surface area contributed by atoms with Crippen LogP contribution in [0.15, 0.2) is 32.9 Å². The van der Waals surface area contributed by atoms with Gasteiger partial charge in [-0.1, -0.05) is 6.07 Å². The van der Waals surface area contributed by atoms with Gasteiger partial charge in [-0.05, 0) is 31.8 Å². The van der Waals surface area contributed by atoms with Crippen LogP contribution in [0.2, 0.25) is 0 Å². The Labute approximate surface area is 123 Å². The normalized spacial score (nSPS) is 11.9. The summed E-state index contributed by atoms with van der Waals surface area (Å²) in [7, 11) is -1.73. The van der Waals surface area contributed by atoms with E-state index in [0.717, 1.165) is 4.88 Å². The molecule has 0 spiro atoms. The van der Waals surface area contributed by atoms with Gasteiger partial charge in [-0.15, -0.1) is 11.3 Å². The molecule has 0 saturated carbocycles. The third kappa shape index (κ3) is 3.69. The summed E-state index contributed by atoms with van der Waals surface area (Å²) in [6.07, 6.45) is 0.692. The summed E-state index contributed by atoms with van der Waals surface area (Å²) in [5.41, 5.74) is 0. The Bertz CT molecular complexity index is 645. The largest absolute Gasteiger partial charge is 0.464 e. The topological polar surface area (TPSA) is 71.3 Å². The fourth-order valence-electron chi connectivity index (χ4n) is 1.89. The lowest BCUT2D eigenvalue weighted by atomic mass is 10.3. The second-order valence-corrected chi connectivity index (χ2v) is 7.16. The molecule has 0 aromatic carbocycles. The van der Waals surface area contributed by atoms with E-state index in [9.17, 15) is 8.42 Å². The molecule has 0 saturated heterocycles. The Morgan fingerprint density at radius 3 is 2.85 bits per heavy atom. The molecule has 0 unspecified atom stereocenters. The van der Waals surface area contributed by atoms with E-state index in [1.807, 2.05) is 17.5 Å². The molecule has 20 heavy (non-hydrogen) atoms. The molecule has 2 aromatic heterocycles. The quantitative estimate of drug-likeness (QED) is 0.819. The average Bonchev–Trinajstić information content (AvgIpc) is 2.99. The highest BCUT2D eigenvalue weighted by Crippen LogP contribution is 2.20. The van der Waals surface area contributed by atoms with Crippen molar-refractivity contribution in [2.75, 3.05) is 13.6 Å². The van der Waals surface area contributed by atoms with Gasteiger partial charge in [0.15, 0.2) is 0 Å². The Hall–Kier alpha value is -1.15. The van der Waals surface area contributed by atoms with Crippen LogP contribution in [0, 0.1) is 6.92 Å². The first kappa shape index (κ1) is 15.2. The Morgan fingerprint density at radius 2 is 2.20 bits per heavy atom. The Balaban J connectivity index is 2.02. The number of hydrogen-bond donors (Lipinski definition) is 2. The molecule has 2 rings (SSSR count). The number of furan rings is 1. The van der Waals surface area contributed by atoms with Crippen molar-refractivity contribution < 1.29 is 12.8 Å². The second-order valence-electron chi connectivity index (χ2n) is 4.39. The van der Waals surface area contributed by atoms with Crippen molar-refractivity contribution in [3.63, 3.8) is 0 Å². The van der Waals surface area contributed by atoms with E-state index in [0.29, 0.717) is 31.0 Å². The van der Waals surface area contributed by atoms with E-state index in [1.165, 1.54) is 0 Å². The summed E-state index contributed by atoms with van der Waals surface area (Å²) in [5, 5.41) is 4.91. The maximum absolute atomic E-state index is 12.2. The SMILES string of the molecule is CNCc1cc(S(=O)(=O)NCCc2cccs2)c(C)o1. The molecule has 0 radical (unpaired) electrons. The van der Waals surface area contributed by atoms with Gasteiger partial charge in [0.1, 0.15) is 16.4 Å². The molecule has 0 aliphatic rings. The van der Waals surface area contributed by atoms with Crippen LogP contribution < -0.4 is 10.0 Å². The molecule has 110 valence electrons. The molecule has 5 nitrogen and oxygen atoms in total. The molecular weight excluding hydrogens is 296 g/mol. The molecule has 0 aliphatic carbocycles. The zero-order valence-corrected chi connectivity index (χ0v) is 13.1. The van der Waals surface area contributed by atoms with Crippen molar-refractivity contribution in [1.29, 1.82) is 0 Å². The lowest BCUT2D eigenvalue weighted by Crippen LogP contribution is -2.26. The minimum absolute atomic E-state index is 0.217. The van der Waals surface area contributed by atoms with Crippen LogP contribution in [0.3, 0.4) is 0 Å². The molecular formula is C13H18N2O3S2. The molecule has 2 N–H and O–H groups in total. The van der Waals surface area contributed by atoms with Crippen molar-refractivity contribution in [2.45, 2.75) is 24.8 Å². The van der Waals surface area contributed by atoms with Crippen molar-refractivity contribution in [1.82, 2.24) is 10.0 Å². The minimum atomic E-state index is -3.51. The van der Waals surface area contributed by atoms with Crippen LogP contribution in [0.4, 0.5) is 0 Å². The summed E-state index contributed by atoms with van der Waals surface area (Å²) < 4.78 is 32.4. The van der Waals surface area contributed by atoms with E-state index in [1.54, 1.807) is 31.4 Å². The Kier molecular flexibility index (Phi) is 4.98. The number of thiophene rings is 1. The van der Waals surface area contributed by atoms with Crippen molar-refractivity contribution in [3.05, 3.63) is 40.0 Å². The molecule has 0 aliphatic heterocycles. The molecule has 0 atom stereocenters. The van der Waals surface area contributed by atoms with E-state index in [2.05, 4.69) is 10.0 Å². The van der Waals surface area contributed by atoms with E-state index in [-0.39, 0.29) is 4.90 Å². The first-order valence-electron chi connectivity index (χ1n) is 6.29. The maximum atomic E-state index is 12.2. The minimum Gasteiger partial charge on any atom is -0.464 e. The zero-order chi connectivity index (χ0) is 14.6. The van der Waals surface area contributed by atoms with Gasteiger partial charge in [-0.3, -0.25) is 0 Å². The Morgan fingerprint density at radius 1 is 1.40 bits per heavy atom. The maximum Gasteiger partial charge on any atom is 0.244 e. The van der Waals surface area contributed by atoms with E-state index >= 15 is 0 Å². The smallest absolute Gasteiger partial charge is 0.244 e. The monoisotopic (exact) mass is 314 g/mol. The molecule has 7 heteroatoms. The number of rotatable bonds is 7. The molecule has 2 aromatic rings. The molecule has 0 fully saturated rings. The number of nitrogens with one attached hydrogen (secondary N) is 2. The summed E-state index contributed by atoms with van der Waals surface area (Å²) in [6, 6.07) is 5.52. The van der Waals surface area contributed by atoms with E-state index < -0.39 is 10.0 Å². The van der Waals surface area contributed by atoms with Crippen LogP contribution >= 0.6 is 11.3 Å². The second kappa shape index (κ2) is 6.53. The summed E-state index contributed by atoms with van der Waals surface area (Å²) >= 11 is 1.62. The van der Waals surface area contributed by atoms with Crippen LogP contribution in [-0.4, -0.2) is 22.0 Å². The molecule has 2 heterocycles. The van der Waals surface area contributed by atoms with Crippen molar-refractivity contribution in [2.24, 2.45) is 0 Å². The number of hydrogen-bond acceptors (Lipinski definition) is 5. The van der Waals surface area contributed by atoms with Gasteiger partial charge in [-0.25, -0.2) is 13.1 Å². The summed E-state index contributed by atoms with van der Waals surface area (Å²) in [5.74, 6) is 1.03. The number of sulfonamides is 1. The van der Waals surface area contributed by atoms with Gasteiger partial charge in [0.05, 0.1) is 6.54 Å². The van der Waals surface area contributed by atoms with Gasteiger partial charge < -0.3 is 9.73 Å². The summed E-state index contributed by atoms with van der Waals surface area (Å²) in [6.45, 7) is 2.55. The van der Waals surface area contributed by atoms with Crippen LogP contribution in [0.25, 0.3) is 0 Å². The fourth-order valence-corrected chi connectivity index (χ4v) is 3.84. The third-order valence-electron chi connectivity index (χ3n) is 2.81. The first-order valence-corrected chi connectivity index (χ1v) is 8.65. The van der Waals surface area contributed by atoms with Gasteiger partial charge >= 0.3 is 0 Å². The van der Waals surface area contributed by atoms with Crippen LogP contribution in [0.1, 0.15) is 16.4 Å². The first-order chi connectivity index (χ1) is 9.53. The molecule has 0 amide bonds. The predicted molar refractivity (Wildman–Crippen MR) is 79.4 cm³/mol. The van der Waals surface area contributed by atoms with Crippen LogP contribution in [-0.2, 0) is 23.0 Å². The lowest BCUT2D eigenvalue weighted by Gasteiger charge is -2.04. The van der Waals surface area contributed by atoms with Gasteiger partial charge in [0.25, 0.3) is 0 Å². The number of aryl methyl sites for hydroxylation is 1. The average molecular weight is 314 g/mol. The highest BCUT2D eigenvalue weighted by molar-refractivity contribution is 7.89. The van der Waals surface area contributed by atoms with E-state index in [4.69, 9.17) is 4.42 Å². The molecule has 0 bridgehead atoms. The predicted octanol–water partition coefficient (Wildman–Crippen LogP) is 1.89. The van der Waals surface area contributed by atoms with Crippen LogP contribution in [0.5, 0.6) is 0 Å². The fraction of sp³-hybridized carbons (Fsp3) is 0.385.